The minimum absolute atomic E-state index is 0.0989. The van der Waals surface area contributed by atoms with Crippen LogP contribution < -0.4 is 16.5 Å². The number of aromatic nitrogens is 1. The van der Waals surface area contributed by atoms with Gasteiger partial charge in [-0.25, -0.2) is 9.18 Å². The molecule has 4 aromatic rings. The van der Waals surface area contributed by atoms with E-state index in [0.29, 0.717) is 5.56 Å². The van der Waals surface area contributed by atoms with E-state index in [1.807, 2.05) is 43.8 Å². The number of benzene rings is 2. The van der Waals surface area contributed by atoms with Gasteiger partial charge in [-0.3, -0.25) is 4.79 Å². The normalized spacial score (nSPS) is 13.5. The van der Waals surface area contributed by atoms with Crippen molar-refractivity contribution in [2.24, 2.45) is 0 Å². The van der Waals surface area contributed by atoms with Crippen molar-refractivity contribution in [1.29, 1.82) is 0 Å². The van der Waals surface area contributed by atoms with Gasteiger partial charge in [-0.1, -0.05) is 24.3 Å². The van der Waals surface area contributed by atoms with Crippen molar-refractivity contribution in [3.8, 4) is 11.1 Å². The van der Waals surface area contributed by atoms with E-state index in [2.05, 4.69) is 16.3 Å². The van der Waals surface area contributed by atoms with Crippen LogP contribution in [0.5, 0.6) is 0 Å². The lowest BCUT2D eigenvalue weighted by Crippen LogP contribution is -2.25. The molecule has 0 spiro atoms. The van der Waals surface area contributed by atoms with Crippen LogP contribution in [-0.2, 0) is 6.54 Å². The monoisotopic (exact) mass is 487 g/mol. The maximum absolute atomic E-state index is 14.8. The molecule has 186 valence electrons. The van der Waals surface area contributed by atoms with Crippen molar-refractivity contribution < 1.29 is 8.81 Å². The van der Waals surface area contributed by atoms with Crippen LogP contribution >= 0.6 is 0 Å². The number of hydrogen-bond donors (Lipinski definition) is 1. The predicted octanol–water partition coefficient (Wildman–Crippen LogP) is 5.83. The summed E-state index contributed by atoms with van der Waals surface area (Å²) in [6.45, 7) is 6.05. The summed E-state index contributed by atoms with van der Waals surface area (Å²) >= 11 is 0. The first kappa shape index (κ1) is 24.0. The van der Waals surface area contributed by atoms with Gasteiger partial charge in [0, 0.05) is 23.8 Å². The number of hydrogen-bond acceptors (Lipinski definition) is 5. The SMILES string of the molecule is Cc1ccc(Nc2c(C)c(=O)oc3c(-c4cccc(CN(C)C)c4)c(C)n(C4CC4)c(=O)c23)c(F)c1. The third kappa shape index (κ3) is 4.24. The minimum atomic E-state index is -0.564. The van der Waals surface area contributed by atoms with Crippen molar-refractivity contribution in [2.45, 2.75) is 46.2 Å². The van der Waals surface area contributed by atoms with E-state index in [-0.39, 0.29) is 39.5 Å². The molecular weight excluding hydrogens is 457 g/mol. The molecule has 1 aliphatic carbocycles. The highest BCUT2D eigenvalue weighted by Crippen LogP contribution is 2.41. The smallest absolute Gasteiger partial charge is 0.341 e. The Bertz CT molecular complexity index is 1610. The zero-order valence-electron chi connectivity index (χ0n) is 21.2. The number of rotatable bonds is 6. The number of fused-ring (bicyclic) bond motifs is 1. The van der Waals surface area contributed by atoms with Crippen LogP contribution in [0, 0.1) is 26.6 Å². The first-order valence-electron chi connectivity index (χ1n) is 12.2. The second-order valence-electron chi connectivity index (χ2n) is 10.0. The van der Waals surface area contributed by atoms with Crippen molar-refractivity contribution in [3.63, 3.8) is 0 Å². The van der Waals surface area contributed by atoms with Gasteiger partial charge >= 0.3 is 5.63 Å². The Labute approximate surface area is 209 Å². The van der Waals surface area contributed by atoms with Crippen LogP contribution in [0.2, 0.25) is 0 Å². The molecule has 0 atom stereocenters. The second-order valence-corrected chi connectivity index (χ2v) is 10.0. The molecule has 2 aromatic carbocycles. The molecule has 2 aromatic heterocycles. The molecule has 0 saturated heterocycles. The van der Waals surface area contributed by atoms with E-state index in [9.17, 15) is 14.0 Å². The molecule has 2 heterocycles. The Balaban J connectivity index is 1.84. The van der Waals surface area contributed by atoms with E-state index in [0.717, 1.165) is 41.8 Å². The molecule has 0 amide bonds. The summed E-state index contributed by atoms with van der Waals surface area (Å²) in [4.78, 5) is 29.0. The number of anilines is 2. The van der Waals surface area contributed by atoms with Crippen LogP contribution in [0.4, 0.5) is 15.8 Å². The number of aryl methyl sites for hydroxylation is 1. The number of nitrogens with zero attached hydrogens (tertiary/aromatic N) is 2. The third-order valence-corrected chi connectivity index (χ3v) is 6.75. The standard InChI is InChI=1S/C29H30FN3O3/c1-16-9-12-23(22(30)13-16)31-26-17(2)29(35)36-27-24(20-8-6-7-19(14-20)15-32(4)5)18(3)33(21-10-11-21)28(34)25(26)27/h6-9,12-14,21,31H,10-11,15H2,1-5H3. The quantitative estimate of drug-likeness (QED) is 0.371. The molecule has 0 aliphatic heterocycles. The first-order chi connectivity index (χ1) is 17.2. The van der Waals surface area contributed by atoms with Crippen LogP contribution in [0.3, 0.4) is 0 Å². The van der Waals surface area contributed by atoms with Gasteiger partial charge in [0.05, 0.1) is 16.9 Å². The lowest BCUT2D eigenvalue weighted by atomic mass is 9.98. The summed E-state index contributed by atoms with van der Waals surface area (Å²) < 4.78 is 22.4. The molecule has 1 saturated carbocycles. The lowest BCUT2D eigenvalue weighted by molar-refractivity contribution is 0.402. The molecule has 0 radical (unpaired) electrons. The Morgan fingerprint density at radius 3 is 2.50 bits per heavy atom. The van der Waals surface area contributed by atoms with Gasteiger partial charge in [0.15, 0.2) is 5.58 Å². The van der Waals surface area contributed by atoms with Crippen LogP contribution in [-0.4, -0.2) is 23.6 Å². The number of halogens is 1. The predicted molar refractivity (Wildman–Crippen MR) is 142 cm³/mol. The molecule has 5 rings (SSSR count). The van der Waals surface area contributed by atoms with E-state index in [4.69, 9.17) is 4.42 Å². The van der Waals surface area contributed by atoms with E-state index in [1.54, 1.807) is 26.0 Å². The molecule has 1 aliphatic rings. The third-order valence-electron chi connectivity index (χ3n) is 6.75. The maximum atomic E-state index is 14.8. The van der Waals surface area contributed by atoms with Crippen LogP contribution in [0.15, 0.2) is 56.5 Å². The zero-order valence-corrected chi connectivity index (χ0v) is 21.2. The fraction of sp³-hybridized carbons (Fsp3) is 0.310. The van der Waals surface area contributed by atoms with Crippen molar-refractivity contribution in [3.05, 3.63) is 91.4 Å². The van der Waals surface area contributed by atoms with Gasteiger partial charge in [-0.05, 0) is 82.6 Å². The summed E-state index contributed by atoms with van der Waals surface area (Å²) in [6, 6.07) is 13.0. The van der Waals surface area contributed by atoms with Crippen LogP contribution in [0.25, 0.3) is 22.1 Å². The molecular formula is C29H30FN3O3. The van der Waals surface area contributed by atoms with Gasteiger partial charge in [-0.15, -0.1) is 0 Å². The molecule has 7 heteroatoms. The molecule has 0 bridgehead atoms. The summed E-state index contributed by atoms with van der Waals surface area (Å²) in [6.07, 6.45) is 1.83. The summed E-state index contributed by atoms with van der Waals surface area (Å²) in [5.41, 5.74) is 4.36. The van der Waals surface area contributed by atoms with Gasteiger partial charge < -0.3 is 19.2 Å². The van der Waals surface area contributed by atoms with E-state index < -0.39 is 11.4 Å². The summed E-state index contributed by atoms with van der Waals surface area (Å²) in [7, 11) is 4.01. The van der Waals surface area contributed by atoms with Crippen molar-refractivity contribution in [2.75, 3.05) is 19.4 Å². The highest BCUT2D eigenvalue weighted by molar-refractivity contribution is 6.01. The Morgan fingerprint density at radius 1 is 1.08 bits per heavy atom. The second kappa shape index (κ2) is 9.06. The van der Waals surface area contributed by atoms with Gasteiger partial charge in [0.25, 0.3) is 5.56 Å². The first-order valence-corrected chi connectivity index (χ1v) is 12.2. The van der Waals surface area contributed by atoms with Gasteiger partial charge in [-0.2, -0.15) is 0 Å². The molecule has 1 N–H and O–H groups in total. The van der Waals surface area contributed by atoms with E-state index in [1.165, 1.54) is 6.07 Å². The molecule has 0 unspecified atom stereocenters. The Morgan fingerprint density at radius 2 is 1.83 bits per heavy atom. The highest BCUT2D eigenvalue weighted by atomic mass is 19.1. The zero-order chi connectivity index (χ0) is 25.7. The van der Waals surface area contributed by atoms with Crippen LogP contribution in [0.1, 0.15) is 41.3 Å². The molecule has 36 heavy (non-hydrogen) atoms. The van der Waals surface area contributed by atoms with Gasteiger partial charge in [0.1, 0.15) is 11.2 Å². The highest BCUT2D eigenvalue weighted by Gasteiger charge is 2.31. The van der Waals surface area contributed by atoms with E-state index >= 15 is 0 Å². The molecule has 6 nitrogen and oxygen atoms in total. The average Bonchev–Trinajstić information content (AvgIpc) is 3.63. The average molecular weight is 488 g/mol. The Kier molecular flexibility index (Phi) is 6.04. The summed E-state index contributed by atoms with van der Waals surface area (Å²) in [5.74, 6) is -0.456. The minimum Gasteiger partial charge on any atom is -0.421 e. The van der Waals surface area contributed by atoms with Crippen molar-refractivity contribution >= 4 is 22.3 Å². The fourth-order valence-corrected chi connectivity index (χ4v) is 4.88. The number of nitrogens with one attached hydrogen (secondary N) is 1. The number of pyridine rings is 1. The Hall–Kier alpha value is -3.71. The fourth-order valence-electron chi connectivity index (χ4n) is 4.88. The van der Waals surface area contributed by atoms with Crippen molar-refractivity contribution in [1.82, 2.24) is 9.47 Å². The largest absolute Gasteiger partial charge is 0.421 e. The maximum Gasteiger partial charge on any atom is 0.341 e. The van der Waals surface area contributed by atoms with Gasteiger partial charge in [0.2, 0.25) is 0 Å². The summed E-state index contributed by atoms with van der Waals surface area (Å²) in [5, 5.41) is 3.32. The molecule has 1 fully saturated rings. The topological polar surface area (TPSA) is 67.5 Å². The lowest BCUT2D eigenvalue weighted by Gasteiger charge is -2.20.